The van der Waals surface area contributed by atoms with Gasteiger partial charge in [-0.2, -0.15) is 0 Å². The van der Waals surface area contributed by atoms with Crippen molar-refractivity contribution in [3.63, 3.8) is 0 Å². The highest BCUT2D eigenvalue weighted by Gasteiger charge is 2.35. The predicted octanol–water partition coefficient (Wildman–Crippen LogP) is 2.89. The fourth-order valence-electron chi connectivity index (χ4n) is 3.36. The number of rotatable bonds is 4. The standard InChI is InChI=1S/C15H21N3O3.2ClH/c19-14-5-4-12(18(20)21)10-13(14)15(11-2-1-3-11)17-8-6-16-7-9-17;;/h4-5,10-11,15-16,19H,1-3,6-9H2;2*1H/t15-;;/m1../s1. The van der Waals surface area contributed by atoms with E-state index in [1.165, 1.54) is 18.6 Å². The Morgan fingerprint density at radius 3 is 2.43 bits per heavy atom. The van der Waals surface area contributed by atoms with Crippen molar-refractivity contribution >= 4 is 30.5 Å². The highest BCUT2D eigenvalue weighted by molar-refractivity contribution is 5.85. The van der Waals surface area contributed by atoms with E-state index in [0.717, 1.165) is 44.6 Å². The summed E-state index contributed by atoms with van der Waals surface area (Å²) in [5.74, 6) is 0.673. The van der Waals surface area contributed by atoms with Crippen LogP contribution in [0.4, 0.5) is 5.69 Å². The zero-order chi connectivity index (χ0) is 14.8. The molecule has 2 fully saturated rings. The molecule has 0 radical (unpaired) electrons. The molecule has 1 aliphatic heterocycles. The minimum absolute atomic E-state index is 0. The van der Waals surface area contributed by atoms with Gasteiger partial charge in [0.2, 0.25) is 0 Å². The summed E-state index contributed by atoms with van der Waals surface area (Å²) in [6.07, 6.45) is 3.48. The lowest BCUT2D eigenvalue weighted by Crippen LogP contribution is -2.47. The van der Waals surface area contributed by atoms with Crippen LogP contribution >= 0.6 is 24.8 Å². The average molecular weight is 364 g/mol. The molecule has 1 aliphatic carbocycles. The van der Waals surface area contributed by atoms with Crippen molar-refractivity contribution in [1.29, 1.82) is 0 Å². The van der Waals surface area contributed by atoms with Crippen LogP contribution in [0.3, 0.4) is 0 Å². The zero-order valence-electron chi connectivity index (χ0n) is 12.8. The number of nitrogens with zero attached hydrogens (tertiary/aromatic N) is 2. The van der Waals surface area contributed by atoms with Crippen LogP contribution < -0.4 is 5.32 Å². The molecule has 2 N–H and O–H groups in total. The Bertz CT molecular complexity index is 535. The van der Waals surface area contributed by atoms with Crippen LogP contribution in [0.1, 0.15) is 30.9 Å². The highest BCUT2D eigenvalue weighted by atomic mass is 35.5. The molecule has 0 amide bonds. The summed E-state index contributed by atoms with van der Waals surface area (Å²) in [6.45, 7) is 3.70. The number of phenols is 1. The van der Waals surface area contributed by atoms with Gasteiger partial charge in [0.25, 0.3) is 5.69 Å². The van der Waals surface area contributed by atoms with Crippen molar-refractivity contribution in [2.45, 2.75) is 25.3 Å². The lowest BCUT2D eigenvalue weighted by Gasteiger charge is -2.43. The number of nitro groups is 1. The van der Waals surface area contributed by atoms with Crippen LogP contribution in [0.15, 0.2) is 18.2 Å². The number of hydrogen-bond acceptors (Lipinski definition) is 5. The smallest absolute Gasteiger partial charge is 0.270 e. The largest absolute Gasteiger partial charge is 0.508 e. The maximum atomic E-state index is 11.0. The van der Waals surface area contributed by atoms with Crippen LogP contribution in [0.2, 0.25) is 0 Å². The van der Waals surface area contributed by atoms with Crippen LogP contribution in [-0.2, 0) is 0 Å². The van der Waals surface area contributed by atoms with Gasteiger partial charge in [0.05, 0.1) is 4.92 Å². The number of halogens is 2. The van der Waals surface area contributed by atoms with E-state index in [2.05, 4.69) is 10.2 Å². The Labute approximate surface area is 148 Å². The molecule has 0 aromatic heterocycles. The molecule has 0 bridgehead atoms. The van der Waals surface area contributed by atoms with E-state index in [-0.39, 0.29) is 42.3 Å². The van der Waals surface area contributed by atoms with Gasteiger partial charge >= 0.3 is 0 Å². The monoisotopic (exact) mass is 363 g/mol. The van der Waals surface area contributed by atoms with E-state index < -0.39 is 4.92 Å². The minimum Gasteiger partial charge on any atom is -0.508 e. The molecule has 3 rings (SSSR count). The molecule has 8 heteroatoms. The molecule has 1 aromatic rings. The molecular weight excluding hydrogens is 341 g/mol. The second-order valence-electron chi connectivity index (χ2n) is 5.92. The summed E-state index contributed by atoms with van der Waals surface area (Å²) < 4.78 is 0. The zero-order valence-corrected chi connectivity index (χ0v) is 14.4. The maximum Gasteiger partial charge on any atom is 0.270 e. The van der Waals surface area contributed by atoms with Gasteiger partial charge in [0, 0.05) is 49.9 Å². The molecule has 0 unspecified atom stereocenters. The van der Waals surface area contributed by atoms with Crippen molar-refractivity contribution in [3.05, 3.63) is 33.9 Å². The van der Waals surface area contributed by atoms with Crippen molar-refractivity contribution in [1.82, 2.24) is 10.2 Å². The van der Waals surface area contributed by atoms with Crippen molar-refractivity contribution in [2.75, 3.05) is 26.2 Å². The Kier molecular flexibility index (Phi) is 7.54. The molecule has 1 atom stereocenters. The summed E-state index contributed by atoms with van der Waals surface area (Å²) >= 11 is 0. The SMILES string of the molecule is Cl.Cl.O=[N+]([O-])c1ccc(O)c([C@@H](C2CCC2)N2CCNCC2)c1. The van der Waals surface area contributed by atoms with E-state index in [0.29, 0.717) is 5.92 Å². The first-order chi connectivity index (χ1) is 10.2. The van der Waals surface area contributed by atoms with Gasteiger partial charge in [-0.3, -0.25) is 15.0 Å². The summed E-state index contributed by atoms with van der Waals surface area (Å²) in [5, 5.41) is 24.6. The maximum absolute atomic E-state index is 11.0. The third-order valence-corrected chi connectivity index (χ3v) is 4.68. The van der Waals surface area contributed by atoms with Gasteiger partial charge in [0.1, 0.15) is 5.75 Å². The molecule has 1 saturated heterocycles. The molecular formula is C15H23Cl2N3O3. The second kappa shape index (κ2) is 8.68. The number of non-ortho nitro benzene ring substituents is 1. The number of hydrogen-bond donors (Lipinski definition) is 2. The van der Waals surface area contributed by atoms with Crippen LogP contribution in [0, 0.1) is 16.0 Å². The summed E-state index contributed by atoms with van der Waals surface area (Å²) in [5.41, 5.74) is 0.776. The quantitative estimate of drug-likeness (QED) is 0.635. The Morgan fingerprint density at radius 2 is 1.91 bits per heavy atom. The van der Waals surface area contributed by atoms with Gasteiger partial charge in [-0.25, -0.2) is 0 Å². The molecule has 1 aromatic carbocycles. The molecule has 0 spiro atoms. The van der Waals surface area contributed by atoms with Gasteiger partial charge < -0.3 is 10.4 Å². The topological polar surface area (TPSA) is 78.6 Å². The Balaban J connectivity index is 0.00000132. The van der Waals surface area contributed by atoms with Gasteiger partial charge in [0.15, 0.2) is 0 Å². The Hall–Kier alpha value is -1.08. The molecule has 6 nitrogen and oxygen atoms in total. The van der Waals surface area contributed by atoms with Crippen LogP contribution in [0.25, 0.3) is 0 Å². The second-order valence-corrected chi connectivity index (χ2v) is 5.92. The first-order valence-electron chi connectivity index (χ1n) is 7.59. The number of piperazine rings is 1. The first-order valence-corrected chi connectivity index (χ1v) is 7.59. The van der Waals surface area contributed by atoms with Crippen LogP contribution in [0.5, 0.6) is 5.75 Å². The molecule has 23 heavy (non-hydrogen) atoms. The van der Waals surface area contributed by atoms with Crippen LogP contribution in [-0.4, -0.2) is 41.1 Å². The number of phenolic OH excluding ortho intramolecular Hbond substituents is 1. The predicted molar refractivity (Wildman–Crippen MR) is 93.8 cm³/mol. The number of aromatic hydroxyl groups is 1. The number of nitro benzene ring substituents is 1. The molecule has 1 heterocycles. The van der Waals surface area contributed by atoms with E-state index in [9.17, 15) is 15.2 Å². The van der Waals surface area contributed by atoms with Gasteiger partial charge in [-0.05, 0) is 24.8 Å². The van der Waals surface area contributed by atoms with Gasteiger partial charge in [-0.1, -0.05) is 6.42 Å². The third-order valence-electron chi connectivity index (χ3n) is 4.68. The lowest BCUT2D eigenvalue weighted by molar-refractivity contribution is -0.385. The normalized spacial score (nSPS) is 19.8. The highest BCUT2D eigenvalue weighted by Crippen LogP contribution is 2.44. The number of benzene rings is 1. The average Bonchev–Trinajstić information content (AvgIpc) is 2.44. The fourth-order valence-corrected chi connectivity index (χ4v) is 3.36. The van der Waals surface area contributed by atoms with E-state index >= 15 is 0 Å². The van der Waals surface area contributed by atoms with Crippen molar-refractivity contribution in [3.8, 4) is 5.75 Å². The summed E-state index contributed by atoms with van der Waals surface area (Å²) in [6, 6.07) is 4.48. The summed E-state index contributed by atoms with van der Waals surface area (Å²) in [7, 11) is 0. The first kappa shape index (κ1) is 20.0. The van der Waals surface area contributed by atoms with Crippen molar-refractivity contribution in [2.24, 2.45) is 5.92 Å². The minimum atomic E-state index is -0.390. The van der Waals surface area contributed by atoms with E-state index in [4.69, 9.17) is 0 Å². The fraction of sp³-hybridized carbons (Fsp3) is 0.600. The summed E-state index contributed by atoms with van der Waals surface area (Å²) in [4.78, 5) is 13.0. The Morgan fingerprint density at radius 1 is 1.26 bits per heavy atom. The van der Waals surface area contributed by atoms with Gasteiger partial charge in [-0.15, -0.1) is 24.8 Å². The van der Waals surface area contributed by atoms with Crippen molar-refractivity contribution < 1.29 is 10.0 Å². The molecule has 2 aliphatic rings. The molecule has 1 saturated carbocycles. The lowest BCUT2D eigenvalue weighted by atomic mass is 9.76. The van der Waals surface area contributed by atoms with E-state index in [1.807, 2.05) is 0 Å². The molecule has 130 valence electrons. The van der Waals surface area contributed by atoms with E-state index in [1.54, 1.807) is 6.07 Å². The number of nitrogens with one attached hydrogen (secondary N) is 1. The third kappa shape index (κ3) is 4.26.